The summed E-state index contributed by atoms with van der Waals surface area (Å²) in [5, 5.41) is 2.20. The van der Waals surface area contributed by atoms with E-state index in [2.05, 4.69) is 70.2 Å². The van der Waals surface area contributed by atoms with Crippen molar-refractivity contribution in [1.82, 2.24) is 0 Å². The summed E-state index contributed by atoms with van der Waals surface area (Å²) in [7, 11) is 0. The van der Waals surface area contributed by atoms with Crippen LogP contribution < -0.4 is 5.55 Å². The van der Waals surface area contributed by atoms with Crippen molar-refractivity contribution in [2.24, 2.45) is 4.99 Å². The minimum atomic E-state index is -0.182. The van der Waals surface area contributed by atoms with E-state index >= 15 is 0 Å². The summed E-state index contributed by atoms with van der Waals surface area (Å²) in [5.74, 6) is 0.849. The molecule has 0 fully saturated rings. The van der Waals surface area contributed by atoms with Gasteiger partial charge in [-0.05, 0) is 45.2 Å². The largest absolute Gasteiger partial charge is 0.438 e. The first-order valence-electron chi connectivity index (χ1n) is 7.58. The van der Waals surface area contributed by atoms with Crippen LogP contribution in [0.3, 0.4) is 0 Å². The molecule has 2 nitrogen and oxygen atoms in total. The number of aryl methyl sites for hydroxylation is 1. The standard InChI is InChI=1S/C20H21NO/c1-14-9-11-15(12-10-14)18-13-16-7-5-6-8-17(16)19(22-18)21-20(2,3)4/h5-13H,1-4H3. The number of hydrogen-bond donors (Lipinski definition) is 0. The van der Waals surface area contributed by atoms with Crippen LogP contribution in [-0.4, -0.2) is 5.54 Å². The lowest BCUT2D eigenvalue weighted by molar-refractivity contribution is 0.466. The SMILES string of the molecule is Cc1ccc(-c2cc3ccccc3c(=NC(C)(C)C)o2)cc1. The molecular weight excluding hydrogens is 270 g/mol. The summed E-state index contributed by atoms with van der Waals surface area (Å²) in [4.78, 5) is 4.76. The van der Waals surface area contributed by atoms with Crippen molar-refractivity contribution >= 4 is 10.8 Å². The molecule has 0 N–H and O–H groups in total. The Labute approximate surface area is 131 Å². The van der Waals surface area contributed by atoms with Crippen LogP contribution in [0.4, 0.5) is 0 Å². The Morgan fingerprint density at radius 3 is 2.27 bits per heavy atom. The van der Waals surface area contributed by atoms with Crippen LogP contribution in [0.15, 0.2) is 64.0 Å². The van der Waals surface area contributed by atoms with Gasteiger partial charge in [-0.1, -0.05) is 48.0 Å². The molecule has 0 bridgehead atoms. The van der Waals surface area contributed by atoms with E-state index in [0.29, 0.717) is 5.55 Å². The van der Waals surface area contributed by atoms with Gasteiger partial charge in [0, 0.05) is 10.9 Å². The van der Waals surface area contributed by atoms with Gasteiger partial charge >= 0.3 is 0 Å². The van der Waals surface area contributed by atoms with Crippen molar-refractivity contribution in [2.75, 3.05) is 0 Å². The van der Waals surface area contributed by atoms with Crippen LogP contribution in [0.1, 0.15) is 26.3 Å². The summed E-state index contributed by atoms with van der Waals surface area (Å²) in [6.45, 7) is 8.32. The van der Waals surface area contributed by atoms with Gasteiger partial charge in [-0.2, -0.15) is 0 Å². The maximum atomic E-state index is 6.13. The molecule has 0 amide bonds. The van der Waals surface area contributed by atoms with Crippen molar-refractivity contribution in [3.63, 3.8) is 0 Å². The van der Waals surface area contributed by atoms with Crippen molar-refractivity contribution in [3.05, 3.63) is 65.7 Å². The Kier molecular flexibility index (Phi) is 3.61. The molecule has 1 heterocycles. The number of hydrogen-bond acceptors (Lipinski definition) is 2. The van der Waals surface area contributed by atoms with Crippen LogP contribution in [-0.2, 0) is 0 Å². The van der Waals surface area contributed by atoms with E-state index in [1.165, 1.54) is 5.56 Å². The molecule has 0 saturated carbocycles. The van der Waals surface area contributed by atoms with E-state index in [0.717, 1.165) is 22.1 Å². The summed E-state index contributed by atoms with van der Waals surface area (Å²) >= 11 is 0. The molecule has 0 unspecified atom stereocenters. The lowest BCUT2D eigenvalue weighted by Crippen LogP contribution is -2.17. The fraction of sp³-hybridized carbons (Fsp3) is 0.250. The first-order valence-corrected chi connectivity index (χ1v) is 7.58. The highest BCUT2D eigenvalue weighted by molar-refractivity contribution is 5.83. The molecule has 112 valence electrons. The summed E-state index contributed by atoms with van der Waals surface area (Å²) in [6.07, 6.45) is 0. The Bertz CT molecular complexity index is 865. The lowest BCUT2D eigenvalue weighted by Gasteiger charge is -2.12. The molecule has 0 aliphatic rings. The topological polar surface area (TPSA) is 25.5 Å². The predicted molar refractivity (Wildman–Crippen MR) is 91.7 cm³/mol. The van der Waals surface area contributed by atoms with E-state index in [-0.39, 0.29) is 5.54 Å². The Hall–Kier alpha value is -2.35. The fourth-order valence-electron chi connectivity index (χ4n) is 2.40. The van der Waals surface area contributed by atoms with Gasteiger partial charge in [0.2, 0.25) is 5.55 Å². The van der Waals surface area contributed by atoms with E-state index in [1.807, 2.05) is 12.1 Å². The highest BCUT2D eigenvalue weighted by atomic mass is 16.3. The van der Waals surface area contributed by atoms with Crippen LogP contribution in [0, 0.1) is 6.92 Å². The molecule has 2 aromatic carbocycles. The van der Waals surface area contributed by atoms with E-state index in [1.54, 1.807) is 0 Å². The van der Waals surface area contributed by atoms with Crippen LogP contribution in [0.2, 0.25) is 0 Å². The van der Waals surface area contributed by atoms with Crippen LogP contribution >= 0.6 is 0 Å². The van der Waals surface area contributed by atoms with Gasteiger partial charge in [-0.25, -0.2) is 4.99 Å². The Balaban J connectivity index is 2.30. The van der Waals surface area contributed by atoms with Gasteiger partial charge < -0.3 is 4.42 Å². The Morgan fingerprint density at radius 1 is 0.909 bits per heavy atom. The number of fused-ring (bicyclic) bond motifs is 1. The summed E-state index contributed by atoms with van der Waals surface area (Å²) < 4.78 is 6.13. The van der Waals surface area contributed by atoms with E-state index < -0.39 is 0 Å². The minimum absolute atomic E-state index is 0.182. The van der Waals surface area contributed by atoms with Crippen LogP contribution in [0.5, 0.6) is 0 Å². The quantitative estimate of drug-likeness (QED) is 0.612. The first kappa shape index (κ1) is 14.6. The minimum Gasteiger partial charge on any atom is -0.438 e. The van der Waals surface area contributed by atoms with E-state index in [9.17, 15) is 0 Å². The molecule has 1 aromatic heterocycles. The molecule has 0 radical (unpaired) electrons. The van der Waals surface area contributed by atoms with Crippen molar-refractivity contribution in [3.8, 4) is 11.3 Å². The maximum Gasteiger partial charge on any atom is 0.223 e. The van der Waals surface area contributed by atoms with Crippen LogP contribution in [0.25, 0.3) is 22.1 Å². The van der Waals surface area contributed by atoms with E-state index in [4.69, 9.17) is 9.41 Å². The van der Waals surface area contributed by atoms with Crippen molar-refractivity contribution in [1.29, 1.82) is 0 Å². The smallest absolute Gasteiger partial charge is 0.223 e. The number of nitrogens with zero attached hydrogens (tertiary/aromatic N) is 1. The number of rotatable bonds is 1. The fourth-order valence-corrected chi connectivity index (χ4v) is 2.40. The average molecular weight is 291 g/mol. The van der Waals surface area contributed by atoms with Gasteiger partial charge in [0.25, 0.3) is 0 Å². The molecule has 2 heteroatoms. The van der Waals surface area contributed by atoms with Gasteiger partial charge in [-0.3, -0.25) is 0 Å². The van der Waals surface area contributed by atoms with Gasteiger partial charge in [-0.15, -0.1) is 0 Å². The third kappa shape index (κ3) is 3.11. The zero-order valence-electron chi connectivity index (χ0n) is 13.6. The summed E-state index contributed by atoms with van der Waals surface area (Å²) in [5.41, 5.74) is 2.82. The highest BCUT2D eigenvalue weighted by Crippen LogP contribution is 2.23. The third-order valence-electron chi connectivity index (χ3n) is 3.46. The average Bonchev–Trinajstić information content (AvgIpc) is 2.46. The monoisotopic (exact) mass is 291 g/mol. The van der Waals surface area contributed by atoms with Crippen molar-refractivity contribution < 1.29 is 4.42 Å². The molecule has 3 aromatic rings. The van der Waals surface area contributed by atoms with Gasteiger partial charge in [0.1, 0.15) is 5.76 Å². The second-order valence-corrected chi connectivity index (χ2v) is 6.65. The van der Waals surface area contributed by atoms with Crippen molar-refractivity contribution in [2.45, 2.75) is 33.2 Å². The zero-order valence-corrected chi connectivity index (χ0v) is 13.6. The molecule has 0 saturated heterocycles. The Morgan fingerprint density at radius 2 is 1.59 bits per heavy atom. The predicted octanol–water partition coefficient (Wildman–Crippen LogP) is 5.11. The van der Waals surface area contributed by atoms with Gasteiger partial charge in [0.05, 0.1) is 5.54 Å². The number of benzene rings is 2. The molecule has 22 heavy (non-hydrogen) atoms. The zero-order chi connectivity index (χ0) is 15.7. The molecule has 0 aliphatic heterocycles. The first-order chi connectivity index (χ1) is 10.4. The second-order valence-electron chi connectivity index (χ2n) is 6.65. The molecule has 0 spiro atoms. The maximum absolute atomic E-state index is 6.13. The molecule has 0 aliphatic carbocycles. The third-order valence-corrected chi connectivity index (χ3v) is 3.46. The molecule has 3 rings (SSSR count). The van der Waals surface area contributed by atoms with Gasteiger partial charge in [0.15, 0.2) is 0 Å². The molecule has 0 atom stereocenters. The lowest BCUT2D eigenvalue weighted by atomic mass is 10.1. The second kappa shape index (κ2) is 5.45. The highest BCUT2D eigenvalue weighted by Gasteiger charge is 2.10. The summed E-state index contributed by atoms with van der Waals surface area (Å²) in [6, 6.07) is 18.7. The normalized spacial score (nSPS) is 12.8. The molecular formula is C20H21NO.